The van der Waals surface area contributed by atoms with E-state index in [-0.39, 0.29) is 17.8 Å². The van der Waals surface area contributed by atoms with Crippen LogP contribution in [0.15, 0.2) is 36.4 Å². The Labute approximate surface area is 177 Å². The van der Waals surface area contributed by atoms with Crippen molar-refractivity contribution in [3.63, 3.8) is 0 Å². The molecule has 0 aliphatic rings. The van der Waals surface area contributed by atoms with Crippen LogP contribution in [-0.4, -0.2) is 39.4 Å². The number of rotatable bonds is 8. The Bertz CT molecular complexity index is 1040. The maximum atomic E-state index is 12.1. The van der Waals surface area contributed by atoms with E-state index in [0.29, 0.717) is 23.7 Å². The molecule has 6 nitrogen and oxygen atoms in total. The number of methoxy groups -OCH3 is 4. The van der Waals surface area contributed by atoms with Crippen LogP contribution in [0.3, 0.4) is 0 Å². The summed E-state index contributed by atoms with van der Waals surface area (Å²) in [7, 11) is 6.25. The summed E-state index contributed by atoms with van der Waals surface area (Å²) in [6, 6.07) is 12.0. The van der Waals surface area contributed by atoms with Gasteiger partial charge in [0.25, 0.3) is 0 Å². The van der Waals surface area contributed by atoms with Gasteiger partial charge in [-0.3, -0.25) is 4.79 Å². The van der Waals surface area contributed by atoms with Crippen molar-refractivity contribution in [3.8, 4) is 17.2 Å². The van der Waals surface area contributed by atoms with Gasteiger partial charge in [0, 0.05) is 28.1 Å². The molecule has 30 heavy (non-hydrogen) atoms. The number of hydrogen-bond acceptors (Lipinski definition) is 5. The maximum Gasteiger partial charge on any atom is 0.308 e. The first kappa shape index (κ1) is 21.6. The van der Waals surface area contributed by atoms with E-state index in [4.69, 9.17) is 18.9 Å². The van der Waals surface area contributed by atoms with Crippen LogP contribution in [0.1, 0.15) is 36.6 Å². The third-order valence-electron chi connectivity index (χ3n) is 5.59. The fourth-order valence-corrected chi connectivity index (χ4v) is 4.02. The molecule has 0 bridgehead atoms. The van der Waals surface area contributed by atoms with Crippen molar-refractivity contribution in [3.05, 3.63) is 53.2 Å². The molecular formula is C24H29NO5. The normalized spacial score (nSPS) is 13.0. The van der Waals surface area contributed by atoms with Crippen LogP contribution in [0.4, 0.5) is 0 Å². The fourth-order valence-electron chi connectivity index (χ4n) is 4.02. The summed E-state index contributed by atoms with van der Waals surface area (Å²) in [4.78, 5) is 15.7. The fraction of sp³-hybridized carbons (Fsp3) is 0.375. The third kappa shape index (κ3) is 3.82. The molecule has 0 fully saturated rings. The predicted molar refractivity (Wildman–Crippen MR) is 117 cm³/mol. The molecule has 0 aliphatic heterocycles. The molecular weight excluding hydrogens is 382 g/mol. The quantitative estimate of drug-likeness (QED) is 0.544. The number of ether oxygens (including phenoxy) is 4. The van der Waals surface area contributed by atoms with Crippen LogP contribution in [0.5, 0.6) is 17.2 Å². The number of aromatic amines is 1. The zero-order valence-electron chi connectivity index (χ0n) is 18.4. The zero-order valence-corrected chi connectivity index (χ0v) is 18.4. The number of aromatic nitrogens is 1. The molecule has 3 rings (SSSR count). The number of carbonyl (C=O) groups excluding carboxylic acids is 1. The van der Waals surface area contributed by atoms with Gasteiger partial charge in [0.05, 0.1) is 34.4 Å². The van der Waals surface area contributed by atoms with Crippen LogP contribution in [-0.2, 0) is 16.0 Å². The smallest absolute Gasteiger partial charge is 0.308 e. The molecule has 160 valence electrons. The van der Waals surface area contributed by atoms with E-state index >= 15 is 0 Å². The molecule has 0 spiro atoms. The number of nitrogens with one attached hydrogen (secondary N) is 1. The van der Waals surface area contributed by atoms with E-state index in [9.17, 15) is 4.79 Å². The average molecular weight is 411 g/mol. The molecule has 0 saturated carbocycles. The number of esters is 1. The van der Waals surface area contributed by atoms with E-state index in [1.807, 2.05) is 37.3 Å². The number of fused-ring (bicyclic) bond motifs is 1. The molecule has 2 aromatic carbocycles. The molecule has 0 aliphatic carbocycles. The van der Waals surface area contributed by atoms with E-state index < -0.39 is 0 Å². The Morgan fingerprint density at radius 1 is 0.933 bits per heavy atom. The molecule has 0 radical (unpaired) electrons. The van der Waals surface area contributed by atoms with Crippen LogP contribution in [0.25, 0.3) is 10.9 Å². The van der Waals surface area contributed by atoms with Gasteiger partial charge in [-0.1, -0.05) is 38.1 Å². The number of hydrogen-bond donors (Lipinski definition) is 1. The van der Waals surface area contributed by atoms with Gasteiger partial charge in [-0.25, -0.2) is 0 Å². The summed E-state index contributed by atoms with van der Waals surface area (Å²) < 4.78 is 21.6. The minimum Gasteiger partial charge on any atom is -0.493 e. The molecule has 3 aromatic rings. The lowest BCUT2D eigenvalue weighted by molar-refractivity contribution is -0.144. The van der Waals surface area contributed by atoms with Crippen LogP contribution in [0.2, 0.25) is 0 Å². The summed E-state index contributed by atoms with van der Waals surface area (Å²) in [5.74, 6) is 1.29. The Balaban J connectivity index is 2.15. The Kier molecular flexibility index (Phi) is 6.55. The standard InChI is InChI=1S/C24H29NO5/c1-14(24(26)30-6)13-18-17-9-7-8-10-19(17)25-21(18)15(2)16-11-12-20(27-3)23(29-5)22(16)28-4/h7-12,14-15,25H,13H2,1-6H3. The molecule has 1 N–H and O–H groups in total. The van der Waals surface area contributed by atoms with Gasteiger partial charge in [-0.15, -0.1) is 0 Å². The van der Waals surface area contributed by atoms with Crippen molar-refractivity contribution < 1.29 is 23.7 Å². The SMILES string of the molecule is COC(=O)C(C)Cc1c(C(C)c2ccc(OC)c(OC)c2OC)[nH]c2ccccc12. The molecule has 2 atom stereocenters. The Morgan fingerprint density at radius 2 is 1.63 bits per heavy atom. The summed E-state index contributed by atoms with van der Waals surface area (Å²) in [5.41, 5.74) is 4.14. The van der Waals surface area contributed by atoms with Gasteiger partial charge < -0.3 is 23.9 Å². The Morgan fingerprint density at radius 3 is 2.27 bits per heavy atom. The van der Waals surface area contributed by atoms with Gasteiger partial charge in [0.2, 0.25) is 5.75 Å². The number of H-pyrrole nitrogens is 1. The molecule has 1 aromatic heterocycles. The van der Waals surface area contributed by atoms with E-state index in [0.717, 1.165) is 27.7 Å². The van der Waals surface area contributed by atoms with Gasteiger partial charge in [0.15, 0.2) is 11.5 Å². The first-order valence-corrected chi connectivity index (χ1v) is 9.92. The highest BCUT2D eigenvalue weighted by atomic mass is 16.5. The van der Waals surface area contributed by atoms with Gasteiger partial charge in [0.1, 0.15) is 0 Å². The van der Waals surface area contributed by atoms with Crippen LogP contribution >= 0.6 is 0 Å². The third-order valence-corrected chi connectivity index (χ3v) is 5.59. The predicted octanol–water partition coefficient (Wildman–Crippen LogP) is 4.70. The summed E-state index contributed by atoms with van der Waals surface area (Å²) in [6.45, 7) is 4.00. The molecule has 0 amide bonds. The highest BCUT2D eigenvalue weighted by Gasteiger charge is 2.26. The van der Waals surface area contributed by atoms with Crippen molar-refractivity contribution in [1.29, 1.82) is 0 Å². The number of para-hydroxylation sites is 1. The number of benzene rings is 2. The zero-order chi connectivity index (χ0) is 21.8. The topological polar surface area (TPSA) is 69.8 Å². The lowest BCUT2D eigenvalue weighted by Gasteiger charge is -2.21. The monoisotopic (exact) mass is 411 g/mol. The summed E-state index contributed by atoms with van der Waals surface area (Å²) in [6.07, 6.45) is 0.575. The van der Waals surface area contributed by atoms with E-state index in [1.165, 1.54) is 7.11 Å². The molecule has 0 saturated heterocycles. The second kappa shape index (κ2) is 9.11. The molecule has 2 unspecified atom stereocenters. The van der Waals surface area contributed by atoms with E-state index in [1.54, 1.807) is 21.3 Å². The second-order valence-corrected chi connectivity index (χ2v) is 7.34. The van der Waals surface area contributed by atoms with Crippen molar-refractivity contribution in [2.24, 2.45) is 5.92 Å². The minimum atomic E-state index is -0.257. The van der Waals surface area contributed by atoms with Crippen molar-refractivity contribution in [2.75, 3.05) is 28.4 Å². The lowest BCUT2D eigenvalue weighted by Crippen LogP contribution is -2.16. The van der Waals surface area contributed by atoms with Crippen molar-refractivity contribution in [1.82, 2.24) is 4.98 Å². The second-order valence-electron chi connectivity index (χ2n) is 7.34. The van der Waals surface area contributed by atoms with Gasteiger partial charge in [-0.2, -0.15) is 0 Å². The lowest BCUT2D eigenvalue weighted by atomic mass is 9.89. The van der Waals surface area contributed by atoms with Crippen molar-refractivity contribution >= 4 is 16.9 Å². The summed E-state index contributed by atoms with van der Waals surface area (Å²) >= 11 is 0. The van der Waals surface area contributed by atoms with Crippen LogP contribution in [0, 0.1) is 5.92 Å². The van der Waals surface area contributed by atoms with Crippen molar-refractivity contribution in [2.45, 2.75) is 26.2 Å². The first-order valence-electron chi connectivity index (χ1n) is 9.92. The van der Waals surface area contributed by atoms with Gasteiger partial charge in [-0.05, 0) is 24.1 Å². The Hall–Kier alpha value is -3.15. The molecule has 1 heterocycles. The average Bonchev–Trinajstić information content (AvgIpc) is 3.14. The highest BCUT2D eigenvalue weighted by molar-refractivity contribution is 5.86. The first-order chi connectivity index (χ1) is 14.5. The minimum absolute atomic E-state index is 0.0352. The highest BCUT2D eigenvalue weighted by Crippen LogP contribution is 2.45. The maximum absolute atomic E-state index is 12.1. The van der Waals surface area contributed by atoms with Gasteiger partial charge >= 0.3 is 5.97 Å². The number of carbonyl (C=O) groups is 1. The largest absolute Gasteiger partial charge is 0.493 e. The molecule has 6 heteroatoms. The summed E-state index contributed by atoms with van der Waals surface area (Å²) in [5, 5.41) is 1.11. The van der Waals surface area contributed by atoms with Crippen LogP contribution < -0.4 is 14.2 Å². The van der Waals surface area contributed by atoms with E-state index in [2.05, 4.69) is 18.0 Å².